The molecule has 1 aromatic carbocycles. The van der Waals surface area contributed by atoms with E-state index in [9.17, 15) is 4.39 Å². The second-order valence-corrected chi connectivity index (χ2v) is 3.59. The van der Waals surface area contributed by atoms with E-state index < -0.39 is 0 Å². The molecular weight excluding hydrogens is 213 g/mol. The Morgan fingerprint density at radius 3 is 2.29 bits per heavy atom. The summed E-state index contributed by atoms with van der Waals surface area (Å²) in [6, 6.07) is 10.2. The molecule has 2 aromatic rings. The van der Waals surface area contributed by atoms with Gasteiger partial charge in [0.1, 0.15) is 5.82 Å². The Morgan fingerprint density at radius 2 is 1.71 bits per heavy atom. The third-order valence-corrected chi connectivity index (χ3v) is 2.43. The van der Waals surface area contributed by atoms with Crippen LogP contribution < -0.4 is 0 Å². The highest BCUT2D eigenvalue weighted by molar-refractivity contribution is 5.86. The monoisotopic (exact) mass is 225 g/mol. The second kappa shape index (κ2) is 5.21. The van der Waals surface area contributed by atoms with Crippen LogP contribution in [0.5, 0.6) is 0 Å². The normalized spacial score (nSPS) is 11.2. The molecule has 0 saturated heterocycles. The molecule has 2 heteroatoms. The lowest BCUT2D eigenvalue weighted by Crippen LogP contribution is -1.82. The van der Waals surface area contributed by atoms with Crippen molar-refractivity contribution in [1.29, 1.82) is 0 Å². The van der Waals surface area contributed by atoms with Gasteiger partial charge in [0.25, 0.3) is 0 Å². The zero-order chi connectivity index (χ0) is 12.1. The molecule has 0 unspecified atom stereocenters. The molecule has 1 heterocycles. The Labute approximate surface area is 100.0 Å². The molecule has 0 aliphatic carbocycles. The predicted molar refractivity (Wildman–Crippen MR) is 68.7 cm³/mol. The average Bonchev–Trinajstić information content (AvgIpc) is 2.38. The SMILES string of the molecule is C=C/C(=C/c1ccncc1)c1ccc(F)cc1. The van der Waals surface area contributed by atoms with Crippen molar-refractivity contribution in [2.45, 2.75) is 0 Å². The molecule has 17 heavy (non-hydrogen) atoms. The van der Waals surface area contributed by atoms with Crippen LogP contribution in [0.15, 0.2) is 61.4 Å². The largest absolute Gasteiger partial charge is 0.265 e. The van der Waals surface area contributed by atoms with Crippen molar-refractivity contribution in [2.75, 3.05) is 0 Å². The van der Waals surface area contributed by atoms with Gasteiger partial charge in [-0.25, -0.2) is 4.39 Å². The average molecular weight is 225 g/mol. The number of nitrogens with zero attached hydrogens (tertiary/aromatic N) is 1. The summed E-state index contributed by atoms with van der Waals surface area (Å²) in [4.78, 5) is 3.96. The molecular formula is C15H12FN. The molecule has 0 N–H and O–H groups in total. The smallest absolute Gasteiger partial charge is 0.123 e. The number of hydrogen-bond donors (Lipinski definition) is 0. The lowest BCUT2D eigenvalue weighted by molar-refractivity contribution is 0.627. The quantitative estimate of drug-likeness (QED) is 0.721. The minimum absolute atomic E-state index is 0.235. The number of halogens is 1. The summed E-state index contributed by atoms with van der Waals surface area (Å²) in [6.45, 7) is 3.78. The molecule has 0 bridgehead atoms. The minimum Gasteiger partial charge on any atom is -0.265 e. The van der Waals surface area contributed by atoms with E-state index in [4.69, 9.17) is 0 Å². The molecule has 1 aromatic heterocycles. The van der Waals surface area contributed by atoms with Gasteiger partial charge in [0.15, 0.2) is 0 Å². The van der Waals surface area contributed by atoms with Crippen LogP contribution in [0.1, 0.15) is 11.1 Å². The van der Waals surface area contributed by atoms with Gasteiger partial charge >= 0.3 is 0 Å². The summed E-state index contributed by atoms with van der Waals surface area (Å²) in [5, 5.41) is 0. The molecule has 0 radical (unpaired) electrons. The van der Waals surface area contributed by atoms with Crippen molar-refractivity contribution in [3.05, 3.63) is 78.4 Å². The number of pyridine rings is 1. The fourth-order valence-corrected chi connectivity index (χ4v) is 1.54. The predicted octanol–water partition coefficient (Wildman–Crippen LogP) is 3.95. The Bertz CT molecular complexity index is 527. The van der Waals surface area contributed by atoms with Gasteiger partial charge in [0.2, 0.25) is 0 Å². The van der Waals surface area contributed by atoms with Gasteiger partial charge in [0, 0.05) is 12.4 Å². The van der Waals surface area contributed by atoms with Crippen molar-refractivity contribution in [1.82, 2.24) is 4.98 Å². The first-order valence-corrected chi connectivity index (χ1v) is 5.30. The Hall–Kier alpha value is -2.22. The first-order chi connectivity index (χ1) is 8.29. The van der Waals surface area contributed by atoms with Crippen LogP contribution in [0.4, 0.5) is 4.39 Å². The molecule has 84 valence electrons. The Balaban J connectivity index is 2.37. The summed E-state index contributed by atoms with van der Waals surface area (Å²) in [6.07, 6.45) is 7.21. The summed E-state index contributed by atoms with van der Waals surface area (Å²) < 4.78 is 12.8. The van der Waals surface area contributed by atoms with Crippen LogP contribution in [0.3, 0.4) is 0 Å². The fraction of sp³-hybridized carbons (Fsp3) is 0. The first-order valence-electron chi connectivity index (χ1n) is 5.30. The highest BCUT2D eigenvalue weighted by Gasteiger charge is 1.98. The summed E-state index contributed by atoms with van der Waals surface area (Å²) in [5.41, 5.74) is 2.94. The topological polar surface area (TPSA) is 12.9 Å². The first kappa shape index (κ1) is 11.3. The molecule has 2 rings (SSSR count). The molecule has 0 saturated carbocycles. The van der Waals surface area contributed by atoms with Crippen LogP contribution in [0.2, 0.25) is 0 Å². The number of rotatable bonds is 3. The Morgan fingerprint density at radius 1 is 1.06 bits per heavy atom. The molecule has 0 atom stereocenters. The van der Waals surface area contributed by atoms with Gasteiger partial charge in [-0.1, -0.05) is 24.8 Å². The third-order valence-electron chi connectivity index (χ3n) is 2.43. The number of allylic oxidation sites excluding steroid dienone is 2. The highest BCUT2D eigenvalue weighted by atomic mass is 19.1. The molecule has 0 aliphatic heterocycles. The lowest BCUT2D eigenvalue weighted by Gasteiger charge is -2.02. The Kier molecular flexibility index (Phi) is 3.46. The van der Waals surface area contributed by atoms with Crippen LogP contribution in [-0.2, 0) is 0 Å². The number of aromatic nitrogens is 1. The van der Waals surface area contributed by atoms with Crippen molar-refractivity contribution < 1.29 is 4.39 Å². The van der Waals surface area contributed by atoms with Gasteiger partial charge in [-0.05, 0) is 47.0 Å². The summed E-state index contributed by atoms with van der Waals surface area (Å²) >= 11 is 0. The van der Waals surface area contributed by atoms with E-state index in [0.29, 0.717) is 0 Å². The van der Waals surface area contributed by atoms with E-state index in [1.807, 2.05) is 18.2 Å². The van der Waals surface area contributed by atoms with E-state index in [1.165, 1.54) is 12.1 Å². The molecule has 0 fully saturated rings. The van der Waals surface area contributed by atoms with Crippen LogP contribution in [0.25, 0.3) is 11.6 Å². The maximum Gasteiger partial charge on any atom is 0.123 e. The second-order valence-electron chi connectivity index (χ2n) is 3.59. The van der Waals surface area contributed by atoms with Gasteiger partial charge < -0.3 is 0 Å². The van der Waals surface area contributed by atoms with Gasteiger partial charge in [0.05, 0.1) is 0 Å². The van der Waals surface area contributed by atoms with Gasteiger partial charge in [-0.2, -0.15) is 0 Å². The number of benzene rings is 1. The molecule has 0 spiro atoms. The van der Waals surface area contributed by atoms with Crippen LogP contribution >= 0.6 is 0 Å². The van der Waals surface area contributed by atoms with E-state index in [-0.39, 0.29) is 5.82 Å². The maximum absolute atomic E-state index is 12.8. The molecule has 0 aliphatic rings. The van der Waals surface area contributed by atoms with E-state index in [1.54, 1.807) is 30.6 Å². The molecule has 1 nitrogen and oxygen atoms in total. The lowest BCUT2D eigenvalue weighted by atomic mass is 10.0. The van der Waals surface area contributed by atoms with E-state index in [2.05, 4.69) is 11.6 Å². The molecule has 0 amide bonds. The fourth-order valence-electron chi connectivity index (χ4n) is 1.54. The maximum atomic E-state index is 12.8. The van der Waals surface area contributed by atoms with Crippen LogP contribution in [-0.4, -0.2) is 4.98 Å². The third kappa shape index (κ3) is 2.88. The van der Waals surface area contributed by atoms with E-state index >= 15 is 0 Å². The van der Waals surface area contributed by atoms with Crippen molar-refractivity contribution in [2.24, 2.45) is 0 Å². The van der Waals surface area contributed by atoms with Crippen molar-refractivity contribution in [3.8, 4) is 0 Å². The zero-order valence-electron chi connectivity index (χ0n) is 9.31. The van der Waals surface area contributed by atoms with Crippen molar-refractivity contribution >= 4 is 11.6 Å². The zero-order valence-corrected chi connectivity index (χ0v) is 9.31. The van der Waals surface area contributed by atoms with Gasteiger partial charge in [-0.3, -0.25) is 4.98 Å². The minimum atomic E-state index is -0.235. The van der Waals surface area contributed by atoms with Crippen LogP contribution in [0, 0.1) is 5.82 Å². The summed E-state index contributed by atoms with van der Waals surface area (Å²) in [7, 11) is 0. The van der Waals surface area contributed by atoms with Gasteiger partial charge in [-0.15, -0.1) is 0 Å². The highest BCUT2D eigenvalue weighted by Crippen LogP contribution is 2.19. The standard InChI is InChI=1S/C15H12FN/c1-2-13(11-12-7-9-17-10-8-12)14-3-5-15(16)6-4-14/h2-11H,1H2/b13-11-. The van der Waals surface area contributed by atoms with E-state index in [0.717, 1.165) is 16.7 Å². The van der Waals surface area contributed by atoms with Crippen molar-refractivity contribution in [3.63, 3.8) is 0 Å². The summed E-state index contributed by atoms with van der Waals surface area (Å²) in [5.74, 6) is -0.235. The number of hydrogen-bond acceptors (Lipinski definition) is 1.